The maximum atomic E-state index is 12.9. The lowest BCUT2D eigenvalue weighted by Gasteiger charge is -2.41. The summed E-state index contributed by atoms with van der Waals surface area (Å²) in [5, 5.41) is 13.1. The van der Waals surface area contributed by atoms with Crippen LogP contribution in [0, 0.1) is 5.92 Å². The Balaban J connectivity index is 1.19. The van der Waals surface area contributed by atoms with Crippen molar-refractivity contribution in [3.05, 3.63) is 120 Å². The molecular weight excluding hydrogens is 550 g/mol. The van der Waals surface area contributed by atoms with Crippen molar-refractivity contribution in [2.45, 2.75) is 37.2 Å². The predicted octanol–water partition coefficient (Wildman–Crippen LogP) is 5.75. The molecule has 10 heteroatoms. The number of amides is 1. The van der Waals surface area contributed by atoms with Crippen LogP contribution >= 0.6 is 11.8 Å². The smallest absolute Gasteiger partial charge is 0.275 e. The van der Waals surface area contributed by atoms with Gasteiger partial charge >= 0.3 is 0 Å². The molecule has 5 aromatic rings. The summed E-state index contributed by atoms with van der Waals surface area (Å²) in [6.07, 6.45) is 3.93. The zero-order valence-corrected chi connectivity index (χ0v) is 23.6. The van der Waals surface area contributed by atoms with Gasteiger partial charge in [-0.25, -0.2) is 15.0 Å². The number of rotatable bonds is 8. The molecule has 1 fully saturated rings. The molecule has 1 amide bonds. The minimum absolute atomic E-state index is 0.0141. The minimum atomic E-state index is -0.623. The summed E-state index contributed by atoms with van der Waals surface area (Å²) >= 11 is 1.54. The monoisotopic (exact) mass is 579 g/mol. The third-order valence-electron chi connectivity index (χ3n) is 7.16. The van der Waals surface area contributed by atoms with Crippen LogP contribution in [-0.4, -0.2) is 42.8 Å². The van der Waals surface area contributed by atoms with Crippen molar-refractivity contribution in [1.29, 1.82) is 0 Å². The van der Waals surface area contributed by atoms with Crippen LogP contribution in [0.4, 0.5) is 5.69 Å². The number of anilines is 1. The summed E-state index contributed by atoms with van der Waals surface area (Å²) in [6, 6.07) is 24.4. The van der Waals surface area contributed by atoms with Gasteiger partial charge in [-0.15, -0.1) is 0 Å². The van der Waals surface area contributed by atoms with E-state index in [1.165, 1.54) is 6.20 Å². The van der Waals surface area contributed by atoms with Gasteiger partial charge in [0.1, 0.15) is 5.69 Å². The van der Waals surface area contributed by atoms with Gasteiger partial charge < -0.3 is 19.9 Å². The van der Waals surface area contributed by atoms with Crippen LogP contribution < -0.4 is 5.32 Å². The average molecular weight is 580 g/mol. The van der Waals surface area contributed by atoms with Crippen molar-refractivity contribution < 1.29 is 19.4 Å². The topological polar surface area (TPSA) is 119 Å². The molecule has 0 radical (unpaired) electrons. The fraction of sp³-hybridized carbons (Fsp3) is 0.219. The van der Waals surface area contributed by atoms with E-state index in [1.807, 2.05) is 72.8 Å². The summed E-state index contributed by atoms with van der Waals surface area (Å²) in [4.78, 5) is 30.3. The lowest BCUT2D eigenvalue weighted by molar-refractivity contribution is -0.268. The minimum Gasteiger partial charge on any atom is -0.392 e. The molecule has 0 unspecified atom stereocenters. The van der Waals surface area contributed by atoms with E-state index in [1.54, 1.807) is 30.2 Å². The third kappa shape index (κ3) is 6.32. The average Bonchev–Trinajstić information content (AvgIpc) is 3.05. The SMILES string of the molecule is C[C@@H]1[C@H](CSc2ncccn2)O[C@H](c2ccc(NC(=O)c3cnc4ccccc4n3)cc2)O[C@@H]1c1ccc(CO)cc1. The Morgan fingerprint density at radius 2 is 1.60 bits per heavy atom. The van der Waals surface area contributed by atoms with E-state index >= 15 is 0 Å². The molecule has 6 rings (SSSR count). The second-order valence-electron chi connectivity index (χ2n) is 9.98. The van der Waals surface area contributed by atoms with Gasteiger partial charge in [-0.2, -0.15) is 0 Å². The molecule has 4 atom stereocenters. The first-order chi connectivity index (χ1) is 20.6. The quantitative estimate of drug-likeness (QED) is 0.175. The summed E-state index contributed by atoms with van der Waals surface area (Å²) in [7, 11) is 0. The number of ether oxygens (including phenoxy) is 2. The lowest BCUT2D eigenvalue weighted by atomic mass is 9.91. The van der Waals surface area contributed by atoms with Gasteiger partial charge in [-0.3, -0.25) is 9.78 Å². The zero-order valence-electron chi connectivity index (χ0n) is 22.8. The van der Waals surface area contributed by atoms with E-state index in [4.69, 9.17) is 9.47 Å². The Morgan fingerprint density at radius 1 is 0.881 bits per heavy atom. The van der Waals surface area contributed by atoms with Crippen molar-refractivity contribution in [3.63, 3.8) is 0 Å². The first-order valence-electron chi connectivity index (χ1n) is 13.6. The number of aliphatic hydroxyl groups excluding tert-OH is 1. The van der Waals surface area contributed by atoms with Crippen LogP contribution in [0.25, 0.3) is 11.0 Å². The normalized spacial score (nSPS) is 20.3. The Bertz CT molecular complexity index is 1650. The largest absolute Gasteiger partial charge is 0.392 e. The number of thioether (sulfide) groups is 1. The molecule has 42 heavy (non-hydrogen) atoms. The number of nitrogens with one attached hydrogen (secondary N) is 1. The molecule has 1 saturated heterocycles. The van der Waals surface area contributed by atoms with Crippen LogP contribution in [0.5, 0.6) is 0 Å². The number of aliphatic hydroxyl groups is 1. The van der Waals surface area contributed by atoms with E-state index in [0.29, 0.717) is 22.1 Å². The van der Waals surface area contributed by atoms with Crippen molar-refractivity contribution in [1.82, 2.24) is 19.9 Å². The fourth-order valence-electron chi connectivity index (χ4n) is 4.81. The molecule has 212 valence electrons. The van der Waals surface area contributed by atoms with Gasteiger partial charge in [0, 0.05) is 35.3 Å². The molecule has 3 aromatic carbocycles. The second-order valence-corrected chi connectivity index (χ2v) is 11.0. The highest BCUT2D eigenvalue weighted by molar-refractivity contribution is 7.99. The lowest BCUT2D eigenvalue weighted by Crippen LogP contribution is -2.38. The van der Waals surface area contributed by atoms with Crippen LogP contribution in [0.15, 0.2) is 103 Å². The number of aromatic nitrogens is 4. The van der Waals surface area contributed by atoms with E-state index in [2.05, 4.69) is 32.2 Å². The van der Waals surface area contributed by atoms with Crippen LogP contribution in [0.2, 0.25) is 0 Å². The number of hydrogen-bond donors (Lipinski definition) is 2. The second kappa shape index (κ2) is 12.7. The number of benzene rings is 3. The molecule has 0 aliphatic carbocycles. The Hall–Kier alpha value is -4.22. The van der Waals surface area contributed by atoms with E-state index in [0.717, 1.165) is 22.2 Å². The number of carbonyl (C=O) groups is 1. The molecule has 9 nitrogen and oxygen atoms in total. The van der Waals surface area contributed by atoms with Gasteiger partial charge in [-0.1, -0.05) is 67.2 Å². The highest BCUT2D eigenvalue weighted by atomic mass is 32.2. The number of carbonyl (C=O) groups excluding carboxylic acids is 1. The molecule has 0 spiro atoms. The first kappa shape index (κ1) is 27.9. The third-order valence-corrected chi connectivity index (χ3v) is 8.13. The van der Waals surface area contributed by atoms with E-state index < -0.39 is 6.29 Å². The van der Waals surface area contributed by atoms with Gasteiger partial charge in [0.15, 0.2) is 11.4 Å². The molecular formula is C32H29N5O4S. The zero-order chi connectivity index (χ0) is 28.9. The standard InChI is InChI=1S/C32H29N5O4S/c1-20-28(19-42-32-33-15-4-16-34-32)40-31(41-29(20)22-9-7-21(18-38)8-10-22)23-11-13-24(14-12-23)36-30(39)27-17-35-25-5-2-3-6-26(25)37-27/h2-17,20,28-29,31,38H,18-19H2,1H3,(H,36,39)/t20-,28+,29+,31+/m1/s1. The number of hydrogen-bond acceptors (Lipinski definition) is 9. The van der Waals surface area contributed by atoms with Gasteiger partial charge in [0.05, 0.1) is 36.0 Å². The molecule has 1 aliphatic heterocycles. The molecule has 0 saturated carbocycles. The van der Waals surface area contributed by atoms with Gasteiger partial charge in [0.25, 0.3) is 5.91 Å². The highest BCUT2D eigenvalue weighted by Crippen LogP contribution is 2.43. The van der Waals surface area contributed by atoms with Gasteiger partial charge in [-0.05, 0) is 41.5 Å². The Kier molecular flexibility index (Phi) is 8.47. The highest BCUT2D eigenvalue weighted by Gasteiger charge is 2.38. The molecule has 1 aliphatic rings. The predicted molar refractivity (Wildman–Crippen MR) is 160 cm³/mol. The van der Waals surface area contributed by atoms with Crippen molar-refractivity contribution in [3.8, 4) is 0 Å². The maximum Gasteiger partial charge on any atom is 0.275 e. The number of para-hydroxylation sites is 2. The molecule has 2 aromatic heterocycles. The maximum absolute atomic E-state index is 12.9. The molecule has 0 bridgehead atoms. The summed E-state index contributed by atoms with van der Waals surface area (Å²) in [5.41, 5.74) is 4.93. The summed E-state index contributed by atoms with van der Waals surface area (Å²) in [5.74, 6) is 0.350. The molecule has 3 heterocycles. The van der Waals surface area contributed by atoms with Crippen molar-refractivity contribution in [2.24, 2.45) is 5.92 Å². The Morgan fingerprint density at radius 3 is 2.33 bits per heavy atom. The van der Waals surface area contributed by atoms with Crippen molar-refractivity contribution in [2.75, 3.05) is 11.1 Å². The van der Waals surface area contributed by atoms with E-state index in [9.17, 15) is 9.90 Å². The number of nitrogens with zero attached hydrogens (tertiary/aromatic N) is 4. The summed E-state index contributed by atoms with van der Waals surface area (Å²) in [6.45, 7) is 2.10. The fourth-order valence-corrected chi connectivity index (χ4v) is 5.78. The first-order valence-corrected chi connectivity index (χ1v) is 14.6. The van der Waals surface area contributed by atoms with Crippen LogP contribution in [0.1, 0.15) is 46.5 Å². The molecule has 2 N–H and O–H groups in total. The van der Waals surface area contributed by atoms with E-state index in [-0.39, 0.29) is 36.3 Å². The van der Waals surface area contributed by atoms with Gasteiger partial charge in [0.2, 0.25) is 0 Å². The van der Waals surface area contributed by atoms with Crippen molar-refractivity contribution >= 4 is 34.4 Å². The Labute approximate surface area is 247 Å². The summed E-state index contributed by atoms with van der Waals surface area (Å²) < 4.78 is 13.0. The van der Waals surface area contributed by atoms with Crippen LogP contribution in [0.3, 0.4) is 0 Å². The van der Waals surface area contributed by atoms with Crippen LogP contribution in [-0.2, 0) is 16.1 Å². The number of fused-ring (bicyclic) bond motifs is 1.